The molecule has 0 aliphatic rings. The minimum Gasteiger partial charge on any atom is -0.508 e. The number of ether oxygens (including phenoxy) is 2. The molecule has 3 nitrogen and oxygen atoms in total. The smallest absolute Gasteiger partial charge is 0.119 e. The Morgan fingerprint density at radius 2 is 1.31 bits per heavy atom. The van der Waals surface area contributed by atoms with E-state index in [1.807, 2.05) is 93.6 Å². The third-order valence-corrected chi connectivity index (χ3v) is 3.40. The third kappa shape index (κ3) is 8.78. The molecular weight excluding hydrogens is 324 g/mol. The van der Waals surface area contributed by atoms with Gasteiger partial charge in [0, 0.05) is 0 Å². The zero-order valence-corrected chi connectivity index (χ0v) is 16.0. The van der Waals surface area contributed by atoms with Crippen LogP contribution in [-0.2, 0) is 0 Å². The van der Waals surface area contributed by atoms with Crippen molar-refractivity contribution in [3.05, 3.63) is 90.0 Å². The van der Waals surface area contributed by atoms with Gasteiger partial charge in [0.05, 0.1) is 13.7 Å². The molecular formula is C23H28O3. The van der Waals surface area contributed by atoms with Crippen molar-refractivity contribution in [3.8, 4) is 17.2 Å². The summed E-state index contributed by atoms with van der Waals surface area (Å²) in [6.07, 6.45) is 0. The largest absolute Gasteiger partial charge is 0.508 e. The van der Waals surface area contributed by atoms with Gasteiger partial charge in [0.25, 0.3) is 0 Å². The lowest BCUT2D eigenvalue weighted by Crippen LogP contribution is -1.89. The van der Waals surface area contributed by atoms with Crippen molar-refractivity contribution in [1.29, 1.82) is 0 Å². The van der Waals surface area contributed by atoms with E-state index in [0.717, 1.165) is 29.2 Å². The number of rotatable bonds is 3. The van der Waals surface area contributed by atoms with Crippen molar-refractivity contribution in [2.24, 2.45) is 0 Å². The van der Waals surface area contributed by atoms with E-state index in [1.54, 1.807) is 13.2 Å². The average molecular weight is 352 g/mol. The number of methoxy groups -OCH3 is 1. The summed E-state index contributed by atoms with van der Waals surface area (Å²) in [7, 11) is 1.66. The van der Waals surface area contributed by atoms with Crippen LogP contribution in [-0.4, -0.2) is 18.8 Å². The molecule has 3 aromatic rings. The first-order chi connectivity index (χ1) is 12.6. The van der Waals surface area contributed by atoms with E-state index in [1.165, 1.54) is 0 Å². The molecule has 0 spiro atoms. The standard InChI is InChI=1S/2C8H10O.C7H8O/c1-6-3-4-7(2)8(9)5-6;1-2-9-8-6-4-3-5-7-8;1-8-7-5-3-2-4-6-7/h3-5,9H,1-2H3;3-7H,2H2,1H3;2-6H,1H3. The zero-order chi connectivity index (χ0) is 19.2. The van der Waals surface area contributed by atoms with Gasteiger partial charge in [-0.1, -0.05) is 48.5 Å². The number of phenols is 1. The molecule has 3 aromatic carbocycles. The fraction of sp³-hybridized carbons (Fsp3) is 0.217. The molecule has 0 amide bonds. The Morgan fingerprint density at radius 3 is 1.69 bits per heavy atom. The summed E-state index contributed by atoms with van der Waals surface area (Å²) in [5.74, 6) is 2.24. The summed E-state index contributed by atoms with van der Waals surface area (Å²) in [5.41, 5.74) is 2.03. The molecule has 3 rings (SSSR count). The van der Waals surface area contributed by atoms with Crippen molar-refractivity contribution in [2.45, 2.75) is 20.8 Å². The maximum absolute atomic E-state index is 9.10. The highest BCUT2D eigenvalue weighted by molar-refractivity contribution is 5.34. The van der Waals surface area contributed by atoms with Crippen molar-refractivity contribution in [3.63, 3.8) is 0 Å². The Morgan fingerprint density at radius 1 is 0.769 bits per heavy atom. The Hall–Kier alpha value is -2.94. The van der Waals surface area contributed by atoms with Crippen LogP contribution in [0.2, 0.25) is 0 Å². The minimum absolute atomic E-state index is 0.384. The van der Waals surface area contributed by atoms with Gasteiger partial charge in [-0.3, -0.25) is 0 Å². The van der Waals surface area contributed by atoms with Crippen molar-refractivity contribution in [2.75, 3.05) is 13.7 Å². The maximum atomic E-state index is 9.10. The quantitative estimate of drug-likeness (QED) is 0.648. The van der Waals surface area contributed by atoms with Crippen LogP contribution in [0.25, 0.3) is 0 Å². The van der Waals surface area contributed by atoms with E-state index in [2.05, 4.69) is 0 Å². The molecule has 1 N–H and O–H groups in total. The van der Waals surface area contributed by atoms with Gasteiger partial charge < -0.3 is 14.6 Å². The topological polar surface area (TPSA) is 38.7 Å². The third-order valence-electron chi connectivity index (χ3n) is 3.40. The summed E-state index contributed by atoms with van der Waals surface area (Å²) < 4.78 is 10.1. The average Bonchev–Trinajstić information content (AvgIpc) is 2.68. The minimum atomic E-state index is 0.384. The monoisotopic (exact) mass is 352 g/mol. The molecule has 0 bridgehead atoms. The molecule has 3 heteroatoms. The molecule has 26 heavy (non-hydrogen) atoms. The first-order valence-electron chi connectivity index (χ1n) is 8.60. The van der Waals surface area contributed by atoms with Crippen LogP contribution in [0.15, 0.2) is 78.9 Å². The number of aromatic hydroxyl groups is 1. The van der Waals surface area contributed by atoms with Gasteiger partial charge in [0.15, 0.2) is 0 Å². The molecule has 0 unspecified atom stereocenters. The molecule has 0 heterocycles. The van der Waals surface area contributed by atoms with Crippen molar-refractivity contribution < 1.29 is 14.6 Å². The highest BCUT2D eigenvalue weighted by Crippen LogP contribution is 2.16. The van der Waals surface area contributed by atoms with Gasteiger partial charge >= 0.3 is 0 Å². The lowest BCUT2D eigenvalue weighted by Gasteiger charge is -1.99. The molecule has 0 aliphatic heterocycles. The second-order valence-corrected chi connectivity index (χ2v) is 5.55. The number of phenolic OH excluding ortho intramolecular Hbond substituents is 1. The zero-order valence-electron chi connectivity index (χ0n) is 16.0. The Bertz CT molecular complexity index is 725. The van der Waals surface area contributed by atoms with E-state index >= 15 is 0 Å². The molecule has 0 saturated heterocycles. The number of para-hydroxylation sites is 2. The molecule has 0 fully saturated rings. The first kappa shape index (κ1) is 21.1. The van der Waals surface area contributed by atoms with Gasteiger partial charge in [0.2, 0.25) is 0 Å². The molecule has 0 saturated carbocycles. The fourth-order valence-corrected chi connectivity index (χ4v) is 1.96. The Kier molecular flexibility index (Phi) is 10.1. The maximum Gasteiger partial charge on any atom is 0.119 e. The predicted molar refractivity (Wildman–Crippen MR) is 108 cm³/mol. The van der Waals surface area contributed by atoms with E-state index in [4.69, 9.17) is 14.6 Å². The summed E-state index contributed by atoms with van der Waals surface area (Å²) in [6.45, 7) is 6.56. The SMILES string of the molecule is CCOc1ccccc1.COc1ccccc1.Cc1ccc(C)c(O)c1. The van der Waals surface area contributed by atoms with Gasteiger partial charge in [-0.05, 0) is 62.2 Å². The van der Waals surface area contributed by atoms with Crippen LogP contribution < -0.4 is 9.47 Å². The highest BCUT2D eigenvalue weighted by atomic mass is 16.5. The normalized spacial score (nSPS) is 9.08. The Labute approximate surface area is 156 Å². The van der Waals surface area contributed by atoms with Crippen LogP contribution in [0.3, 0.4) is 0 Å². The van der Waals surface area contributed by atoms with Crippen LogP contribution in [0, 0.1) is 13.8 Å². The van der Waals surface area contributed by atoms with E-state index in [0.29, 0.717) is 5.75 Å². The number of hydrogen-bond donors (Lipinski definition) is 1. The Balaban J connectivity index is 0.000000195. The predicted octanol–water partition coefficient (Wildman–Crippen LogP) is 5.79. The van der Waals surface area contributed by atoms with Crippen LogP contribution in [0.4, 0.5) is 0 Å². The van der Waals surface area contributed by atoms with Gasteiger partial charge in [-0.2, -0.15) is 0 Å². The lowest BCUT2D eigenvalue weighted by molar-refractivity contribution is 0.340. The fourth-order valence-electron chi connectivity index (χ4n) is 1.96. The number of aryl methyl sites for hydroxylation is 2. The second kappa shape index (κ2) is 12.4. The van der Waals surface area contributed by atoms with Gasteiger partial charge in [-0.15, -0.1) is 0 Å². The molecule has 0 atom stereocenters. The molecule has 138 valence electrons. The molecule has 0 aliphatic carbocycles. The number of benzene rings is 3. The summed E-state index contributed by atoms with van der Waals surface area (Å²) in [5, 5.41) is 9.10. The van der Waals surface area contributed by atoms with Crippen LogP contribution in [0.5, 0.6) is 17.2 Å². The van der Waals surface area contributed by atoms with E-state index < -0.39 is 0 Å². The molecule has 0 radical (unpaired) electrons. The summed E-state index contributed by atoms with van der Waals surface area (Å²) >= 11 is 0. The first-order valence-corrected chi connectivity index (χ1v) is 8.60. The van der Waals surface area contributed by atoms with Crippen LogP contribution in [0.1, 0.15) is 18.1 Å². The van der Waals surface area contributed by atoms with Crippen molar-refractivity contribution in [1.82, 2.24) is 0 Å². The highest BCUT2D eigenvalue weighted by Gasteiger charge is 1.91. The number of hydrogen-bond acceptors (Lipinski definition) is 3. The van der Waals surface area contributed by atoms with Crippen molar-refractivity contribution >= 4 is 0 Å². The second-order valence-electron chi connectivity index (χ2n) is 5.55. The van der Waals surface area contributed by atoms with E-state index in [9.17, 15) is 0 Å². The summed E-state index contributed by atoms with van der Waals surface area (Å²) in [4.78, 5) is 0. The molecule has 0 aromatic heterocycles. The van der Waals surface area contributed by atoms with Gasteiger partial charge in [-0.25, -0.2) is 0 Å². The lowest BCUT2D eigenvalue weighted by atomic mass is 10.1. The van der Waals surface area contributed by atoms with Gasteiger partial charge in [0.1, 0.15) is 17.2 Å². The van der Waals surface area contributed by atoms with Crippen LogP contribution >= 0.6 is 0 Å². The summed E-state index contributed by atoms with van der Waals surface area (Å²) in [6, 6.07) is 25.1. The van der Waals surface area contributed by atoms with E-state index in [-0.39, 0.29) is 0 Å².